The zero-order valence-corrected chi connectivity index (χ0v) is 19.9. The van der Waals surface area contributed by atoms with Crippen LogP contribution in [0.5, 0.6) is 0 Å². The Hall–Kier alpha value is -3.19. The number of benzene rings is 2. The average Bonchev–Trinajstić information content (AvgIpc) is 3.01. The van der Waals surface area contributed by atoms with Crippen LogP contribution in [0.15, 0.2) is 60.7 Å². The fourth-order valence-corrected chi connectivity index (χ4v) is 4.05. The van der Waals surface area contributed by atoms with Gasteiger partial charge in [-0.15, -0.1) is 0 Å². The minimum absolute atomic E-state index is 0.0659. The van der Waals surface area contributed by atoms with Gasteiger partial charge in [0.1, 0.15) is 17.4 Å². The normalized spacial score (nSPS) is 20.2. The Kier molecular flexibility index (Phi) is 7.22. The van der Waals surface area contributed by atoms with Crippen molar-refractivity contribution in [3.63, 3.8) is 0 Å². The summed E-state index contributed by atoms with van der Waals surface area (Å²) in [6, 6.07) is 16.1. The third kappa shape index (κ3) is 6.20. The second-order valence-corrected chi connectivity index (χ2v) is 9.64. The van der Waals surface area contributed by atoms with Crippen LogP contribution in [-0.4, -0.2) is 33.3 Å². The van der Waals surface area contributed by atoms with Gasteiger partial charge < -0.3 is 9.47 Å². The van der Waals surface area contributed by atoms with Crippen molar-refractivity contribution >= 4 is 17.9 Å². The topological polar surface area (TPSA) is 81.9 Å². The first-order chi connectivity index (χ1) is 15.5. The number of hydrogen-bond donors (Lipinski definition) is 0. The number of nitro benzene ring substituents is 1. The molecular weight excluding hydrogens is 420 g/mol. The lowest BCUT2D eigenvalue weighted by molar-refractivity contribution is -0.384. The minimum atomic E-state index is -0.824. The van der Waals surface area contributed by atoms with Crippen LogP contribution in [0.3, 0.4) is 0 Å². The first-order valence-corrected chi connectivity index (χ1v) is 11.1. The summed E-state index contributed by atoms with van der Waals surface area (Å²) in [6.07, 6.45) is 4.65. The van der Waals surface area contributed by atoms with E-state index < -0.39 is 22.3 Å². The van der Waals surface area contributed by atoms with Gasteiger partial charge in [-0.1, -0.05) is 42.5 Å². The van der Waals surface area contributed by atoms with E-state index in [4.69, 9.17) is 9.47 Å². The van der Waals surface area contributed by atoms with Gasteiger partial charge in [0, 0.05) is 12.1 Å². The number of ether oxygens (including phenoxy) is 2. The largest absolute Gasteiger partial charge is 0.444 e. The molecule has 0 aliphatic carbocycles. The number of allylic oxidation sites excluding steroid dienone is 1. The summed E-state index contributed by atoms with van der Waals surface area (Å²) in [5.41, 5.74) is 0.526. The van der Waals surface area contributed by atoms with Crippen LogP contribution in [0.4, 0.5) is 10.5 Å². The highest BCUT2D eigenvalue weighted by atomic mass is 16.6. The summed E-state index contributed by atoms with van der Waals surface area (Å²) < 4.78 is 12.1. The molecule has 0 spiro atoms. The highest BCUT2D eigenvalue weighted by Crippen LogP contribution is 2.43. The summed E-state index contributed by atoms with van der Waals surface area (Å²) in [4.78, 5) is 25.3. The molecule has 7 nitrogen and oxygen atoms in total. The van der Waals surface area contributed by atoms with Crippen LogP contribution in [0.1, 0.15) is 64.7 Å². The molecule has 0 saturated carbocycles. The second-order valence-electron chi connectivity index (χ2n) is 9.64. The molecule has 3 rings (SSSR count). The molecule has 2 aromatic rings. The maximum absolute atomic E-state index is 13.2. The van der Waals surface area contributed by atoms with Crippen molar-refractivity contribution in [2.24, 2.45) is 0 Å². The average molecular weight is 453 g/mol. The van der Waals surface area contributed by atoms with Crippen LogP contribution in [0, 0.1) is 10.1 Å². The molecule has 2 aromatic carbocycles. The second kappa shape index (κ2) is 9.75. The fourth-order valence-electron chi connectivity index (χ4n) is 4.05. The van der Waals surface area contributed by atoms with Crippen LogP contribution in [0.25, 0.3) is 6.08 Å². The number of carbonyl (C=O) groups is 1. The van der Waals surface area contributed by atoms with E-state index in [2.05, 4.69) is 0 Å². The number of nitrogens with zero attached hydrogens (tertiary/aromatic N) is 2. The summed E-state index contributed by atoms with van der Waals surface area (Å²) in [7, 11) is 0. The van der Waals surface area contributed by atoms with E-state index in [0.29, 0.717) is 12.8 Å². The molecular formula is C26H32N2O5. The van der Waals surface area contributed by atoms with E-state index in [-0.39, 0.29) is 17.8 Å². The lowest BCUT2D eigenvalue weighted by Gasteiger charge is -2.35. The molecule has 0 bridgehead atoms. The first-order valence-electron chi connectivity index (χ1n) is 11.1. The van der Waals surface area contributed by atoms with E-state index in [1.165, 1.54) is 12.1 Å². The third-order valence-corrected chi connectivity index (χ3v) is 5.44. The molecule has 1 heterocycles. The van der Waals surface area contributed by atoms with Gasteiger partial charge in [0.15, 0.2) is 0 Å². The molecule has 0 radical (unpaired) electrons. The molecule has 1 amide bonds. The van der Waals surface area contributed by atoms with Crippen molar-refractivity contribution < 1.29 is 19.2 Å². The molecule has 7 heteroatoms. The Morgan fingerprint density at radius 1 is 1.15 bits per heavy atom. The summed E-state index contributed by atoms with van der Waals surface area (Å²) in [6.45, 7) is 9.33. The Balaban J connectivity index is 1.79. The van der Waals surface area contributed by atoms with E-state index >= 15 is 0 Å². The number of amides is 1. The van der Waals surface area contributed by atoms with E-state index in [1.54, 1.807) is 17.0 Å². The van der Waals surface area contributed by atoms with Gasteiger partial charge in [-0.25, -0.2) is 4.79 Å². The molecule has 2 atom stereocenters. The Bertz CT molecular complexity index is 994. The smallest absolute Gasteiger partial charge is 0.412 e. The van der Waals surface area contributed by atoms with Crippen LogP contribution >= 0.6 is 0 Å². The standard InChI is InChI=1S/C26H32N2O5/c1-25(2,3)33-24(29)27-22(23(32-26(27,4)5)20-12-7-6-8-13-20)14-10-9-11-19-15-17-21(18-16-19)28(30)31/h6-9,11-13,15-18,22-23H,10,14H2,1-5H3/b11-9+/t22-,23-/m1/s1. The van der Waals surface area contributed by atoms with Crippen molar-refractivity contribution in [2.45, 2.75) is 70.9 Å². The van der Waals surface area contributed by atoms with Crippen LogP contribution in [-0.2, 0) is 9.47 Å². The number of hydrogen-bond acceptors (Lipinski definition) is 5. The van der Waals surface area contributed by atoms with E-state index in [9.17, 15) is 14.9 Å². The van der Waals surface area contributed by atoms with Gasteiger partial charge in [-0.3, -0.25) is 15.0 Å². The first kappa shape index (κ1) is 24.5. The Labute approximate surface area is 195 Å². The van der Waals surface area contributed by atoms with Gasteiger partial charge in [-0.05, 0) is 70.7 Å². The molecule has 0 N–H and O–H groups in total. The highest BCUT2D eigenvalue weighted by Gasteiger charge is 2.51. The third-order valence-electron chi connectivity index (χ3n) is 5.44. The van der Waals surface area contributed by atoms with Crippen molar-refractivity contribution in [2.75, 3.05) is 0 Å². The number of nitro groups is 1. The van der Waals surface area contributed by atoms with Gasteiger partial charge in [-0.2, -0.15) is 0 Å². The molecule has 33 heavy (non-hydrogen) atoms. The molecule has 1 aliphatic heterocycles. The fraction of sp³-hybridized carbons (Fsp3) is 0.423. The number of non-ortho nitro benzene ring substituents is 1. The van der Waals surface area contributed by atoms with Crippen LogP contribution < -0.4 is 0 Å². The Morgan fingerprint density at radius 2 is 1.79 bits per heavy atom. The predicted octanol–water partition coefficient (Wildman–Crippen LogP) is 6.50. The molecule has 1 aliphatic rings. The van der Waals surface area contributed by atoms with E-state index in [0.717, 1.165) is 11.1 Å². The minimum Gasteiger partial charge on any atom is -0.444 e. The van der Waals surface area contributed by atoms with Crippen molar-refractivity contribution in [3.8, 4) is 0 Å². The van der Waals surface area contributed by atoms with Crippen LogP contribution in [0.2, 0.25) is 0 Å². The van der Waals surface area contributed by atoms with Crippen molar-refractivity contribution in [1.82, 2.24) is 4.90 Å². The Morgan fingerprint density at radius 3 is 2.36 bits per heavy atom. The highest BCUT2D eigenvalue weighted by molar-refractivity contribution is 5.70. The number of carbonyl (C=O) groups excluding carboxylic acids is 1. The number of rotatable bonds is 6. The quantitative estimate of drug-likeness (QED) is 0.369. The maximum Gasteiger partial charge on any atom is 0.412 e. The molecule has 1 saturated heterocycles. The molecule has 1 fully saturated rings. The van der Waals surface area contributed by atoms with Gasteiger partial charge in [0.25, 0.3) is 5.69 Å². The lowest BCUT2D eigenvalue weighted by atomic mass is 9.97. The van der Waals surface area contributed by atoms with Crippen molar-refractivity contribution in [3.05, 3.63) is 81.9 Å². The molecule has 0 unspecified atom stereocenters. The van der Waals surface area contributed by atoms with Gasteiger partial charge >= 0.3 is 6.09 Å². The molecule has 176 valence electrons. The maximum atomic E-state index is 13.2. The van der Waals surface area contributed by atoms with Gasteiger partial charge in [0.05, 0.1) is 11.0 Å². The van der Waals surface area contributed by atoms with Gasteiger partial charge in [0.2, 0.25) is 0 Å². The predicted molar refractivity (Wildman–Crippen MR) is 128 cm³/mol. The zero-order chi connectivity index (χ0) is 24.2. The SMILES string of the molecule is CC(C)(C)OC(=O)N1[C@H](CC/C=C/c2ccc([N+](=O)[O-])cc2)[C@@H](c2ccccc2)OC1(C)C. The summed E-state index contributed by atoms with van der Waals surface area (Å²) in [5.74, 6) is 0. The lowest BCUT2D eigenvalue weighted by Crippen LogP contribution is -2.49. The van der Waals surface area contributed by atoms with Crippen molar-refractivity contribution in [1.29, 1.82) is 0 Å². The zero-order valence-electron chi connectivity index (χ0n) is 19.9. The summed E-state index contributed by atoms with van der Waals surface area (Å²) >= 11 is 0. The summed E-state index contributed by atoms with van der Waals surface area (Å²) in [5, 5.41) is 10.8. The monoisotopic (exact) mass is 452 g/mol. The molecule has 0 aromatic heterocycles. The van der Waals surface area contributed by atoms with E-state index in [1.807, 2.05) is 77.1 Å².